The minimum Gasteiger partial charge on any atom is -0.395 e. The van der Waals surface area contributed by atoms with Crippen LogP contribution >= 0.6 is 0 Å². The van der Waals surface area contributed by atoms with E-state index in [1.54, 1.807) is 0 Å². The molecule has 0 amide bonds. The smallest absolute Gasteiger partial charge is 0.155 e. The van der Waals surface area contributed by atoms with E-state index >= 15 is 0 Å². The van der Waals surface area contributed by atoms with Crippen LogP contribution in [0.4, 0.5) is 0 Å². The van der Waals surface area contributed by atoms with Crippen LogP contribution in [0.5, 0.6) is 0 Å². The second-order valence-corrected chi connectivity index (χ2v) is 2.44. The summed E-state index contributed by atoms with van der Waals surface area (Å²) < 4.78 is 4.96. The summed E-state index contributed by atoms with van der Waals surface area (Å²) in [6, 6.07) is 0. The molecular weight excluding hydrogens is 158 g/mol. The monoisotopic (exact) mass is 176 g/mol. The molecule has 0 bridgehead atoms. The van der Waals surface area contributed by atoms with Crippen molar-refractivity contribution in [1.29, 1.82) is 0 Å². The summed E-state index contributed by atoms with van der Waals surface area (Å²) in [4.78, 5) is 0. The Morgan fingerprint density at radius 3 is 2.75 bits per heavy atom. The molecule has 0 aliphatic carbocycles. The first-order valence-electron chi connectivity index (χ1n) is 4.21. The van der Waals surface area contributed by atoms with E-state index < -0.39 is 6.29 Å². The van der Waals surface area contributed by atoms with Crippen LogP contribution in [0, 0.1) is 6.92 Å². The molecular formula is C8H18NO3. The van der Waals surface area contributed by atoms with Crippen LogP contribution in [0.1, 0.15) is 12.8 Å². The van der Waals surface area contributed by atoms with E-state index in [9.17, 15) is 0 Å². The first-order chi connectivity index (χ1) is 5.81. The van der Waals surface area contributed by atoms with Gasteiger partial charge in [-0.2, -0.15) is 0 Å². The number of hydrogen-bond acceptors (Lipinski definition) is 4. The Morgan fingerprint density at radius 2 is 2.17 bits per heavy atom. The van der Waals surface area contributed by atoms with Crippen molar-refractivity contribution in [2.45, 2.75) is 19.1 Å². The van der Waals surface area contributed by atoms with Gasteiger partial charge >= 0.3 is 0 Å². The van der Waals surface area contributed by atoms with Crippen molar-refractivity contribution in [1.82, 2.24) is 5.32 Å². The lowest BCUT2D eigenvalue weighted by atomic mass is 10.4. The van der Waals surface area contributed by atoms with E-state index in [0.29, 0.717) is 32.5 Å². The van der Waals surface area contributed by atoms with Crippen molar-refractivity contribution in [3.05, 3.63) is 6.92 Å². The quantitative estimate of drug-likeness (QED) is 0.345. The van der Waals surface area contributed by atoms with Crippen molar-refractivity contribution in [3.8, 4) is 0 Å². The molecule has 4 nitrogen and oxygen atoms in total. The normalized spacial score (nSPS) is 13.2. The maximum absolute atomic E-state index is 9.13. The standard InChI is InChI=1S/C8H18NO3/c1-2-7-12-8(11)3-4-9-5-6-10/h8-11H,1-7H2. The van der Waals surface area contributed by atoms with Gasteiger partial charge in [0.2, 0.25) is 0 Å². The predicted molar refractivity (Wildman–Crippen MR) is 46.5 cm³/mol. The molecule has 0 saturated heterocycles. The Hall–Kier alpha value is -0.160. The Balaban J connectivity index is 3.02. The third kappa shape index (κ3) is 7.94. The maximum atomic E-state index is 9.13. The van der Waals surface area contributed by atoms with Crippen LogP contribution in [-0.2, 0) is 4.74 Å². The van der Waals surface area contributed by atoms with Crippen LogP contribution < -0.4 is 5.32 Å². The number of rotatable bonds is 8. The lowest BCUT2D eigenvalue weighted by Crippen LogP contribution is -2.24. The molecule has 0 aliphatic rings. The third-order valence-corrected chi connectivity index (χ3v) is 1.31. The van der Waals surface area contributed by atoms with Crippen molar-refractivity contribution < 1.29 is 14.9 Å². The summed E-state index contributed by atoms with van der Waals surface area (Å²) in [6.45, 7) is 5.40. The van der Waals surface area contributed by atoms with E-state index in [2.05, 4.69) is 12.2 Å². The molecule has 12 heavy (non-hydrogen) atoms. The van der Waals surface area contributed by atoms with Gasteiger partial charge in [0, 0.05) is 26.1 Å². The SMILES string of the molecule is [CH2]CCOC(O)CCNCCO. The Kier molecular flexibility index (Phi) is 8.81. The molecule has 0 aromatic rings. The van der Waals surface area contributed by atoms with Crippen molar-refractivity contribution in [3.63, 3.8) is 0 Å². The highest BCUT2D eigenvalue weighted by Gasteiger charge is 2.01. The molecule has 0 spiro atoms. The van der Waals surface area contributed by atoms with E-state index in [1.165, 1.54) is 0 Å². The van der Waals surface area contributed by atoms with Gasteiger partial charge in [0.05, 0.1) is 6.61 Å². The summed E-state index contributed by atoms with van der Waals surface area (Å²) in [7, 11) is 0. The zero-order valence-electron chi connectivity index (χ0n) is 7.33. The molecule has 0 fully saturated rings. The van der Waals surface area contributed by atoms with Gasteiger partial charge in [0.15, 0.2) is 6.29 Å². The maximum Gasteiger partial charge on any atom is 0.155 e. The van der Waals surface area contributed by atoms with Gasteiger partial charge in [-0.3, -0.25) is 0 Å². The van der Waals surface area contributed by atoms with Crippen molar-refractivity contribution >= 4 is 0 Å². The molecule has 0 heterocycles. The topological polar surface area (TPSA) is 61.7 Å². The lowest BCUT2D eigenvalue weighted by Gasteiger charge is -2.10. The fourth-order valence-corrected chi connectivity index (χ4v) is 0.732. The van der Waals surface area contributed by atoms with Gasteiger partial charge in [0.25, 0.3) is 0 Å². The summed E-state index contributed by atoms with van der Waals surface area (Å²) in [6.07, 6.45) is 0.499. The minimum absolute atomic E-state index is 0.121. The molecule has 1 radical (unpaired) electrons. The fourth-order valence-electron chi connectivity index (χ4n) is 0.732. The molecule has 1 unspecified atom stereocenters. The second-order valence-electron chi connectivity index (χ2n) is 2.44. The summed E-state index contributed by atoms with van der Waals surface area (Å²) >= 11 is 0. The molecule has 1 atom stereocenters. The number of nitrogens with one attached hydrogen (secondary N) is 1. The van der Waals surface area contributed by atoms with Gasteiger partial charge in [-0.05, 0) is 6.42 Å². The van der Waals surface area contributed by atoms with Gasteiger partial charge < -0.3 is 20.3 Å². The molecule has 3 N–H and O–H groups in total. The molecule has 0 aliphatic heterocycles. The average Bonchev–Trinajstić information content (AvgIpc) is 2.09. The van der Waals surface area contributed by atoms with Crippen molar-refractivity contribution in [2.24, 2.45) is 0 Å². The zero-order valence-corrected chi connectivity index (χ0v) is 7.33. The molecule has 0 aromatic carbocycles. The van der Waals surface area contributed by atoms with Crippen LogP contribution in [0.2, 0.25) is 0 Å². The van der Waals surface area contributed by atoms with Gasteiger partial charge in [0.1, 0.15) is 0 Å². The molecule has 0 aromatic heterocycles. The third-order valence-electron chi connectivity index (χ3n) is 1.31. The highest BCUT2D eigenvalue weighted by atomic mass is 16.6. The summed E-state index contributed by atoms with van der Waals surface area (Å²) in [5, 5.41) is 20.5. The van der Waals surface area contributed by atoms with E-state index in [4.69, 9.17) is 14.9 Å². The molecule has 0 saturated carbocycles. The summed E-state index contributed by atoms with van der Waals surface area (Å²) in [5.74, 6) is 0. The summed E-state index contributed by atoms with van der Waals surface area (Å²) in [5.41, 5.74) is 0. The second kappa shape index (κ2) is 8.93. The van der Waals surface area contributed by atoms with Gasteiger partial charge in [-0.25, -0.2) is 0 Å². The van der Waals surface area contributed by atoms with Crippen LogP contribution in [-0.4, -0.2) is 42.8 Å². The van der Waals surface area contributed by atoms with Gasteiger partial charge in [-0.1, -0.05) is 6.92 Å². The first kappa shape index (κ1) is 11.8. The Morgan fingerprint density at radius 1 is 1.42 bits per heavy atom. The van der Waals surface area contributed by atoms with E-state index in [0.717, 1.165) is 0 Å². The average molecular weight is 176 g/mol. The number of hydrogen-bond donors (Lipinski definition) is 3. The van der Waals surface area contributed by atoms with E-state index in [1.807, 2.05) is 0 Å². The zero-order chi connectivity index (χ0) is 9.23. The minimum atomic E-state index is -0.710. The Bertz CT molecular complexity index is 90.4. The van der Waals surface area contributed by atoms with Crippen LogP contribution in [0.3, 0.4) is 0 Å². The molecule has 4 heteroatoms. The Labute approximate surface area is 73.5 Å². The largest absolute Gasteiger partial charge is 0.395 e. The highest BCUT2D eigenvalue weighted by Crippen LogP contribution is 1.93. The van der Waals surface area contributed by atoms with Crippen LogP contribution in [0.15, 0.2) is 0 Å². The predicted octanol–water partition coefficient (Wildman–Crippen LogP) is -0.482. The number of aliphatic hydroxyl groups excluding tert-OH is 2. The highest BCUT2D eigenvalue weighted by molar-refractivity contribution is 4.49. The lowest BCUT2D eigenvalue weighted by molar-refractivity contribution is -0.101. The van der Waals surface area contributed by atoms with Crippen molar-refractivity contribution in [2.75, 3.05) is 26.3 Å². The number of ether oxygens (including phenoxy) is 1. The van der Waals surface area contributed by atoms with Crippen LogP contribution in [0.25, 0.3) is 0 Å². The first-order valence-corrected chi connectivity index (χ1v) is 4.21. The molecule has 73 valence electrons. The number of aliphatic hydroxyl groups is 2. The fraction of sp³-hybridized carbons (Fsp3) is 0.875. The van der Waals surface area contributed by atoms with E-state index in [-0.39, 0.29) is 6.61 Å². The molecule has 0 rings (SSSR count). The van der Waals surface area contributed by atoms with Gasteiger partial charge in [-0.15, -0.1) is 0 Å².